The predicted octanol–water partition coefficient (Wildman–Crippen LogP) is 5.11. The summed E-state index contributed by atoms with van der Waals surface area (Å²) in [7, 11) is 1.47. The molecular formula is C18H13F4N3O. The molecule has 0 aliphatic carbocycles. The number of rotatable bonds is 4. The van der Waals surface area contributed by atoms with E-state index in [1.54, 1.807) is 12.1 Å². The quantitative estimate of drug-likeness (QED) is 0.604. The van der Waals surface area contributed by atoms with E-state index >= 15 is 0 Å². The first-order chi connectivity index (χ1) is 12.4. The summed E-state index contributed by atoms with van der Waals surface area (Å²) in [6, 6.07) is 10.5. The summed E-state index contributed by atoms with van der Waals surface area (Å²) in [5.74, 6) is -0.487. The summed E-state index contributed by atoms with van der Waals surface area (Å²) in [4.78, 5) is 1.15. The molecule has 0 saturated carbocycles. The number of benzene rings is 2. The molecule has 26 heavy (non-hydrogen) atoms. The van der Waals surface area contributed by atoms with Gasteiger partial charge in [0.1, 0.15) is 11.6 Å². The molecule has 4 nitrogen and oxygen atoms in total. The molecule has 1 aromatic heterocycles. The molecule has 0 aliphatic rings. The molecule has 0 spiro atoms. The highest BCUT2D eigenvalue weighted by atomic mass is 19.4. The molecule has 134 valence electrons. The van der Waals surface area contributed by atoms with Crippen molar-refractivity contribution < 1.29 is 22.3 Å². The number of aromatic nitrogens is 2. The minimum Gasteiger partial charge on any atom is -0.497 e. The zero-order valence-corrected chi connectivity index (χ0v) is 13.5. The van der Waals surface area contributed by atoms with E-state index in [0.29, 0.717) is 11.4 Å². The number of ether oxygens (including phenoxy) is 1. The summed E-state index contributed by atoms with van der Waals surface area (Å²) in [5, 5.41) is 7.32. The lowest BCUT2D eigenvalue weighted by atomic mass is 10.1. The molecule has 0 bridgehead atoms. The Kier molecular flexibility index (Phi) is 4.75. The zero-order chi connectivity index (χ0) is 18.7. The fourth-order valence-corrected chi connectivity index (χ4v) is 2.53. The largest absolute Gasteiger partial charge is 0.497 e. The Morgan fingerprint density at radius 1 is 0.923 bits per heavy atom. The summed E-state index contributed by atoms with van der Waals surface area (Å²) >= 11 is 0. The van der Waals surface area contributed by atoms with E-state index in [-0.39, 0.29) is 5.69 Å². The van der Waals surface area contributed by atoms with Gasteiger partial charge in [-0.15, -0.1) is 0 Å². The number of hydrogen-bond donors (Lipinski definition) is 0. The van der Waals surface area contributed by atoms with Crippen molar-refractivity contribution in [1.29, 1.82) is 0 Å². The molecule has 0 amide bonds. The van der Waals surface area contributed by atoms with E-state index in [4.69, 9.17) is 4.74 Å². The molecule has 0 aliphatic heterocycles. The lowest BCUT2D eigenvalue weighted by Gasteiger charge is -2.28. The van der Waals surface area contributed by atoms with Crippen LogP contribution in [0.4, 0.5) is 34.6 Å². The summed E-state index contributed by atoms with van der Waals surface area (Å²) in [6.07, 6.45) is -2.15. The van der Waals surface area contributed by atoms with Crippen molar-refractivity contribution in [3.05, 3.63) is 72.3 Å². The second-order valence-corrected chi connectivity index (χ2v) is 5.27. The van der Waals surface area contributed by atoms with E-state index in [0.717, 1.165) is 23.1 Å². The zero-order valence-electron chi connectivity index (χ0n) is 13.5. The first-order valence-corrected chi connectivity index (χ1v) is 7.48. The Bertz CT molecular complexity index is 883. The smallest absolute Gasteiger partial charge is 0.418 e. The van der Waals surface area contributed by atoms with Crippen molar-refractivity contribution in [3.63, 3.8) is 0 Å². The van der Waals surface area contributed by atoms with Crippen LogP contribution in [0.15, 0.2) is 60.9 Å². The first-order valence-electron chi connectivity index (χ1n) is 7.48. The minimum atomic E-state index is -4.73. The number of methoxy groups -OCH3 is 1. The first kappa shape index (κ1) is 17.7. The van der Waals surface area contributed by atoms with Crippen LogP contribution in [0.5, 0.6) is 5.75 Å². The van der Waals surface area contributed by atoms with Gasteiger partial charge in [0.25, 0.3) is 0 Å². The fourth-order valence-electron chi connectivity index (χ4n) is 2.53. The van der Waals surface area contributed by atoms with Crippen LogP contribution in [0.1, 0.15) is 5.56 Å². The van der Waals surface area contributed by atoms with Gasteiger partial charge < -0.3 is 9.64 Å². The highest BCUT2D eigenvalue weighted by molar-refractivity contribution is 5.78. The summed E-state index contributed by atoms with van der Waals surface area (Å²) in [5.41, 5.74) is -1.15. The summed E-state index contributed by atoms with van der Waals surface area (Å²) < 4.78 is 60.1. The predicted molar refractivity (Wildman–Crippen MR) is 88.2 cm³/mol. The maximum atomic E-state index is 14.5. The third kappa shape index (κ3) is 3.44. The second kappa shape index (κ2) is 6.99. The number of alkyl halides is 3. The normalized spacial score (nSPS) is 11.3. The van der Waals surface area contributed by atoms with Crippen molar-refractivity contribution in [2.45, 2.75) is 6.18 Å². The molecule has 8 heteroatoms. The average molecular weight is 363 g/mol. The van der Waals surface area contributed by atoms with Gasteiger partial charge in [0.15, 0.2) is 0 Å². The SMILES string of the molecule is COc1ccc(N(c2ccnnc2)c2c(F)cccc2C(F)(F)F)cc1. The Hall–Kier alpha value is -3.16. The molecule has 0 saturated heterocycles. The monoisotopic (exact) mass is 363 g/mol. The van der Waals surface area contributed by atoms with Crippen LogP contribution in [0.25, 0.3) is 0 Å². The fraction of sp³-hybridized carbons (Fsp3) is 0.111. The van der Waals surface area contributed by atoms with E-state index in [2.05, 4.69) is 10.2 Å². The van der Waals surface area contributed by atoms with Gasteiger partial charge in [0.05, 0.1) is 36.4 Å². The van der Waals surface area contributed by atoms with Gasteiger partial charge in [0.2, 0.25) is 0 Å². The van der Waals surface area contributed by atoms with Crippen LogP contribution in [0.3, 0.4) is 0 Å². The third-order valence-corrected chi connectivity index (χ3v) is 3.67. The Morgan fingerprint density at radius 3 is 2.23 bits per heavy atom. The molecule has 0 N–H and O–H groups in total. The molecule has 3 rings (SSSR count). The molecule has 0 atom stereocenters. The average Bonchev–Trinajstić information content (AvgIpc) is 2.64. The lowest BCUT2D eigenvalue weighted by Crippen LogP contribution is -2.18. The maximum Gasteiger partial charge on any atom is 0.418 e. The molecular weight excluding hydrogens is 350 g/mol. The van der Waals surface area contributed by atoms with Gasteiger partial charge >= 0.3 is 6.18 Å². The van der Waals surface area contributed by atoms with Crippen LogP contribution in [0.2, 0.25) is 0 Å². The number of para-hydroxylation sites is 1. The Morgan fingerprint density at radius 2 is 1.65 bits per heavy atom. The van der Waals surface area contributed by atoms with E-state index in [1.165, 1.54) is 37.7 Å². The number of halogens is 4. The van der Waals surface area contributed by atoms with E-state index in [9.17, 15) is 17.6 Å². The van der Waals surface area contributed by atoms with Crippen LogP contribution in [-0.2, 0) is 6.18 Å². The lowest BCUT2D eigenvalue weighted by molar-refractivity contribution is -0.137. The Balaban J connectivity index is 2.26. The number of anilines is 3. The van der Waals surface area contributed by atoms with Gasteiger partial charge in [-0.3, -0.25) is 0 Å². The summed E-state index contributed by atoms with van der Waals surface area (Å²) in [6.45, 7) is 0. The van der Waals surface area contributed by atoms with Gasteiger partial charge in [-0.05, 0) is 42.5 Å². The number of hydrogen-bond acceptors (Lipinski definition) is 4. The van der Waals surface area contributed by atoms with Crippen molar-refractivity contribution in [3.8, 4) is 5.75 Å². The van der Waals surface area contributed by atoms with Gasteiger partial charge in [-0.2, -0.15) is 23.4 Å². The third-order valence-electron chi connectivity index (χ3n) is 3.67. The molecule has 3 aromatic rings. The van der Waals surface area contributed by atoms with Gasteiger partial charge in [-0.1, -0.05) is 6.07 Å². The molecule has 0 unspecified atom stereocenters. The minimum absolute atomic E-state index is 0.237. The molecule has 0 radical (unpaired) electrons. The van der Waals surface area contributed by atoms with Crippen LogP contribution < -0.4 is 9.64 Å². The molecule has 1 heterocycles. The van der Waals surface area contributed by atoms with Crippen LogP contribution in [-0.4, -0.2) is 17.3 Å². The van der Waals surface area contributed by atoms with E-state index in [1.807, 2.05) is 0 Å². The van der Waals surface area contributed by atoms with Gasteiger partial charge in [-0.25, -0.2) is 4.39 Å². The highest BCUT2D eigenvalue weighted by Gasteiger charge is 2.37. The Labute approximate surface area is 146 Å². The van der Waals surface area contributed by atoms with Crippen molar-refractivity contribution in [2.75, 3.05) is 12.0 Å². The van der Waals surface area contributed by atoms with Crippen molar-refractivity contribution in [2.24, 2.45) is 0 Å². The molecule has 0 fully saturated rings. The maximum absolute atomic E-state index is 14.5. The van der Waals surface area contributed by atoms with Crippen molar-refractivity contribution in [1.82, 2.24) is 10.2 Å². The topological polar surface area (TPSA) is 38.2 Å². The molecule has 2 aromatic carbocycles. The standard InChI is InChI=1S/C18H13F4N3O/c1-26-14-7-5-12(6-8-14)25(13-9-10-23-24-11-13)17-15(18(20,21)22)3-2-4-16(17)19/h2-11H,1H3. The van der Waals surface area contributed by atoms with E-state index < -0.39 is 23.2 Å². The van der Waals surface area contributed by atoms with Crippen molar-refractivity contribution >= 4 is 17.1 Å². The van der Waals surface area contributed by atoms with Crippen LogP contribution in [0, 0.1) is 5.82 Å². The van der Waals surface area contributed by atoms with Crippen LogP contribution >= 0.6 is 0 Å². The highest BCUT2D eigenvalue weighted by Crippen LogP contribution is 2.44. The van der Waals surface area contributed by atoms with Gasteiger partial charge in [0, 0.05) is 5.69 Å². The second-order valence-electron chi connectivity index (χ2n) is 5.27. The number of nitrogens with zero attached hydrogens (tertiary/aromatic N) is 3.